The van der Waals surface area contributed by atoms with Crippen LogP contribution in [-0.4, -0.2) is 5.91 Å². The lowest BCUT2D eigenvalue weighted by Gasteiger charge is -2.11. The minimum absolute atomic E-state index is 0.117. The molecule has 0 spiro atoms. The van der Waals surface area contributed by atoms with Gasteiger partial charge in [-0.1, -0.05) is 78.3 Å². The Morgan fingerprint density at radius 1 is 0.733 bits per heavy atom. The molecule has 0 atom stereocenters. The standard InChI is InChI=1S/C26H20ClNOS/c27-23-16-10-19(11-17-23)18-30-25-9-5-4-8-24(25)28-26(29)22-14-12-21(13-15-22)20-6-2-1-3-7-20/h1-17H,18H2,(H,28,29). The molecule has 4 rings (SSSR count). The molecule has 30 heavy (non-hydrogen) atoms. The molecule has 0 fully saturated rings. The zero-order valence-corrected chi connectivity index (χ0v) is 17.8. The van der Waals surface area contributed by atoms with E-state index in [0.29, 0.717) is 5.56 Å². The van der Waals surface area contributed by atoms with Gasteiger partial charge in [0.2, 0.25) is 0 Å². The first-order valence-electron chi connectivity index (χ1n) is 9.62. The van der Waals surface area contributed by atoms with Gasteiger partial charge < -0.3 is 5.32 Å². The summed E-state index contributed by atoms with van der Waals surface area (Å²) in [5.74, 6) is 0.685. The SMILES string of the molecule is O=C(Nc1ccccc1SCc1ccc(Cl)cc1)c1ccc(-c2ccccc2)cc1. The zero-order valence-electron chi connectivity index (χ0n) is 16.2. The lowest BCUT2D eigenvalue weighted by molar-refractivity contribution is 0.102. The Morgan fingerprint density at radius 3 is 2.10 bits per heavy atom. The number of halogens is 1. The second-order valence-electron chi connectivity index (χ2n) is 6.81. The van der Waals surface area contributed by atoms with E-state index in [1.165, 1.54) is 5.56 Å². The Morgan fingerprint density at radius 2 is 1.37 bits per heavy atom. The fraction of sp³-hybridized carbons (Fsp3) is 0.0385. The van der Waals surface area contributed by atoms with Gasteiger partial charge in [0, 0.05) is 21.2 Å². The van der Waals surface area contributed by atoms with Crippen LogP contribution in [0.5, 0.6) is 0 Å². The second-order valence-corrected chi connectivity index (χ2v) is 8.26. The number of anilines is 1. The van der Waals surface area contributed by atoms with Crippen LogP contribution in [0, 0.1) is 0 Å². The Hall–Kier alpha value is -3.01. The van der Waals surface area contributed by atoms with Crippen LogP contribution in [0.15, 0.2) is 108 Å². The normalized spacial score (nSPS) is 10.6. The molecule has 0 aliphatic heterocycles. The summed E-state index contributed by atoms with van der Waals surface area (Å²) >= 11 is 7.64. The summed E-state index contributed by atoms with van der Waals surface area (Å²) < 4.78 is 0. The van der Waals surface area contributed by atoms with E-state index < -0.39 is 0 Å². The van der Waals surface area contributed by atoms with E-state index in [1.807, 2.05) is 91.0 Å². The minimum Gasteiger partial charge on any atom is -0.321 e. The molecule has 0 saturated carbocycles. The predicted octanol–water partition coefficient (Wildman–Crippen LogP) is 7.55. The van der Waals surface area contributed by atoms with Crippen LogP contribution in [0.3, 0.4) is 0 Å². The highest BCUT2D eigenvalue weighted by Crippen LogP contribution is 2.30. The Labute approximate surface area is 185 Å². The van der Waals surface area contributed by atoms with Crippen molar-refractivity contribution in [1.82, 2.24) is 0 Å². The maximum atomic E-state index is 12.8. The van der Waals surface area contributed by atoms with Gasteiger partial charge in [0.05, 0.1) is 5.69 Å². The number of amides is 1. The monoisotopic (exact) mass is 429 g/mol. The van der Waals surface area contributed by atoms with Crippen molar-refractivity contribution >= 4 is 35.0 Å². The number of carbonyl (C=O) groups excluding carboxylic acids is 1. The van der Waals surface area contributed by atoms with Crippen LogP contribution in [0.1, 0.15) is 15.9 Å². The van der Waals surface area contributed by atoms with Crippen LogP contribution < -0.4 is 5.32 Å². The van der Waals surface area contributed by atoms with Gasteiger partial charge in [-0.2, -0.15) is 0 Å². The van der Waals surface area contributed by atoms with Crippen LogP contribution in [0.4, 0.5) is 5.69 Å². The number of para-hydroxylation sites is 1. The molecule has 4 heteroatoms. The molecule has 4 aromatic carbocycles. The molecule has 148 valence electrons. The molecule has 0 saturated heterocycles. The fourth-order valence-electron chi connectivity index (χ4n) is 3.08. The average molecular weight is 430 g/mol. The third kappa shape index (κ3) is 5.12. The third-order valence-electron chi connectivity index (χ3n) is 4.70. The van der Waals surface area contributed by atoms with E-state index in [0.717, 1.165) is 32.5 Å². The average Bonchev–Trinajstić information content (AvgIpc) is 2.80. The fourth-order valence-corrected chi connectivity index (χ4v) is 4.17. The molecule has 0 bridgehead atoms. The lowest BCUT2D eigenvalue weighted by atomic mass is 10.0. The Kier molecular flexibility index (Phi) is 6.53. The van der Waals surface area contributed by atoms with Crippen LogP contribution in [-0.2, 0) is 5.75 Å². The van der Waals surface area contributed by atoms with Gasteiger partial charge in [0.15, 0.2) is 0 Å². The summed E-state index contributed by atoms with van der Waals surface area (Å²) in [6.07, 6.45) is 0. The summed E-state index contributed by atoms with van der Waals surface area (Å²) in [6, 6.07) is 33.5. The minimum atomic E-state index is -0.117. The highest BCUT2D eigenvalue weighted by molar-refractivity contribution is 7.98. The third-order valence-corrected chi connectivity index (χ3v) is 6.09. The van der Waals surface area contributed by atoms with Crippen LogP contribution in [0.2, 0.25) is 5.02 Å². The molecule has 0 aromatic heterocycles. The zero-order chi connectivity index (χ0) is 20.8. The van der Waals surface area contributed by atoms with E-state index in [2.05, 4.69) is 17.4 Å². The van der Waals surface area contributed by atoms with Gasteiger partial charge in [-0.25, -0.2) is 0 Å². The number of benzene rings is 4. The number of hydrogen-bond donors (Lipinski definition) is 1. The number of thioether (sulfide) groups is 1. The lowest BCUT2D eigenvalue weighted by Crippen LogP contribution is -2.12. The molecule has 2 nitrogen and oxygen atoms in total. The summed E-state index contributed by atoms with van der Waals surface area (Å²) in [4.78, 5) is 13.8. The second kappa shape index (κ2) is 9.66. The number of rotatable bonds is 6. The number of carbonyl (C=O) groups is 1. The van der Waals surface area contributed by atoms with Crippen molar-refractivity contribution in [1.29, 1.82) is 0 Å². The molecule has 0 aliphatic carbocycles. The quantitative estimate of drug-likeness (QED) is 0.320. The van der Waals surface area contributed by atoms with Crippen molar-refractivity contribution in [2.75, 3.05) is 5.32 Å². The number of hydrogen-bond acceptors (Lipinski definition) is 2. The molecule has 0 radical (unpaired) electrons. The first kappa shape index (κ1) is 20.3. The molecular formula is C26H20ClNOS. The van der Waals surface area contributed by atoms with E-state index in [-0.39, 0.29) is 5.91 Å². The van der Waals surface area contributed by atoms with E-state index in [4.69, 9.17) is 11.6 Å². The largest absolute Gasteiger partial charge is 0.321 e. The summed E-state index contributed by atoms with van der Waals surface area (Å²) in [5, 5.41) is 3.78. The van der Waals surface area contributed by atoms with Gasteiger partial charge in [-0.15, -0.1) is 11.8 Å². The topological polar surface area (TPSA) is 29.1 Å². The van der Waals surface area contributed by atoms with Gasteiger partial charge in [0.1, 0.15) is 0 Å². The van der Waals surface area contributed by atoms with Crippen molar-refractivity contribution in [3.8, 4) is 11.1 Å². The molecule has 0 unspecified atom stereocenters. The Balaban J connectivity index is 1.45. The van der Waals surface area contributed by atoms with Crippen molar-refractivity contribution < 1.29 is 4.79 Å². The van der Waals surface area contributed by atoms with Crippen molar-refractivity contribution in [2.24, 2.45) is 0 Å². The molecule has 0 aliphatic rings. The van der Waals surface area contributed by atoms with E-state index in [9.17, 15) is 4.79 Å². The number of nitrogens with one attached hydrogen (secondary N) is 1. The van der Waals surface area contributed by atoms with Gasteiger partial charge >= 0.3 is 0 Å². The smallest absolute Gasteiger partial charge is 0.255 e. The molecule has 0 heterocycles. The first-order chi connectivity index (χ1) is 14.7. The highest BCUT2D eigenvalue weighted by Gasteiger charge is 2.10. The van der Waals surface area contributed by atoms with Gasteiger partial charge in [-0.05, 0) is 53.1 Å². The summed E-state index contributed by atoms with van der Waals surface area (Å²) in [7, 11) is 0. The highest BCUT2D eigenvalue weighted by atomic mass is 35.5. The summed E-state index contributed by atoms with van der Waals surface area (Å²) in [6.45, 7) is 0. The molecule has 1 amide bonds. The molecule has 4 aromatic rings. The molecule has 1 N–H and O–H groups in total. The predicted molar refractivity (Wildman–Crippen MR) is 127 cm³/mol. The maximum absolute atomic E-state index is 12.8. The van der Waals surface area contributed by atoms with Crippen molar-refractivity contribution in [3.63, 3.8) is 0 Å². The van der Waals surface area contributed by atoms with Crippen molar-refractivity contribution in [3.05, 3.63) is 119 Å². The van der Waals surface area contributed by atoms with Crippen LogP contribution >= 0.6 is 23.4 Å². The summed E-state index contributed by atoms with van der Waals surface area (Å²) in [5.41, 5.74) is 4.85. The van der Waals surface area contributed by atoms with Gasteiger partial charge in [0.25, 0.3) is 5.91 Å². The Bertz CT molecular complexity index is 1130. The maximum Gasteiger partial charge on any atom is 0.255 e. The van der Waals surface area contributed by atoms with E-state index >= 15 is 0 Å². The van der Waals surface area contributed by atoms with Crippen LogP contribution in [0.25, 0.3) is 11.1 Å². The van der Waals surface area contributed by atoms with Crippen molar-refractivity contribution in [2.45, 2.75) is 10.6 Å². The first-order valence-corrected chi connectivity index (χ1v) is 11.0. The van der Waals surface area contributed by atoms with E-state index in [1.54, 1.807) is 11.8 Å². The molecular weight excluding hydrogens is 410 g/mol. The van der Waals surface area contributed by atoms with Gasteiger partial charge in [-0.3, -0.25) is 4.79 Å².